The molecule has 0 unspecified atom stereocenters. The predicted octanol–water partition coefficient (Wildman–Crippen LogP) is 3.95. The van der Waals surface area contributed by atoms with Crippen LogP contribution >= 0.6 is 11.6 Å². The van der Waals surface area contributed by atoms with E-state index in [2.05, 4.69) is 10.1 Å². The second kappa shape index (κ2) is 4.98. The number of halogens is 1. The zero-order valence-corrected chi connectivity index (χ0v) is 11.6. The molecule has 1 aromatic carbocycles. The van der Waals surface area contributed by atoms with Crippen LogP contribution in [0.5, 0.6) is 0 Å². The van der Waals surface area contributed by atoms with Crippen LogP contribution in [0.3, 0.4) is 0 Å². The Bertz CT molecular complexity index is 753. The number of nitrogen functional groups attached to an aromatic ring is 1. The van der Waals surface area contributed by atoms with Crippen molar-refractivity contribution in [3.8, 4) is 22.4 Å². The highest BCUT2D eigenvalue weighted by Crippen LogP contribution is 2.37. The van der Waals surface area contributed by atoms with Gasteiger partial charge in [0.25, 0.3) is 0 Å². The third kappa shape index (κ3) is 2.14. The molecule has 0 atom stereocenters. The van der Waals surface area contributed by atoms with Crippen molar-refractivity contribution in [2.24, 2.45) is 0 Å². The van der Waals surface area contributed by atoms with Gasteiger partial charge in [0, 0.05) is 23.0 Å². The summed E-state index contributed by atoms with van der Waals surface area (Å²) in [6.45, 7) is 1.97. The first-order valence-corrected chi connectivity index (χ1v) is 6.46. The summed E-state index contributed by atoms with van der Waals surface area (Å²) in [7, 11) is 0. The number of rotatable bonds is 2. The molecule has 0 aliphatic heterocycles. The average Bonchev–Trinajstić information content (AvgIpc) is 2.81. The highest BCUT2D eigenvalue weighted by atomic mass is 35.5. The van der Waals surface area contributed by atoms with Gasteiger partial charge in [0.1, 0.15) is 5.69 Å². The van der Waals surface area contributed by atoms with Crippen molar-refractivity contribution >= 4 is 17.5 Å². The number of aromatic nitrogens is 2. The molecule has 0 aliphatic carbocycles. The topological polar surface area (TPSA) is 64.9 Å². The van der Waals surface area contributed by atoms with Crippen molar-refractivity contribution < 1.29 is 4.52 Å². The Kier molecular flexibility index (Phi) is 3.16. The summed E-state index contributed by atoms with van der Waals surface area (Å²) in [5, 5.41) is 4.78. The maximum Gasteiger partial charge on any atom is 0.230 e. The first kappa shape index (κ1) is 12.7. The number of nitrogens with zero attached hydrogens (tertiary/aromatic N) is 2. The van der Waals surface area contributed by atoms with E-state index in [0.29, 0.717) is 16.6 Å². The Morgan fingerprint density at radius 2 is 1.90 bits per heavy atom. The van der Waals surface area contributed by atoms with Gasteiger partial charge < -0.3 is 10.3 Å². The van der Waals surface area contributed by atoms with Gasteiger partial charge in [-0.25, -0.2) is 0 Å². The molecule has 3 aromatic rings. The molecule has 0 saturated carbocycles. The lowest BCUT2D eigenvalue weighted by Gasteiger charge is -2.06. The highest BCUT2D eigenvalue weighted by Gasteiger charge is 2.18. The quantitative estimate of drug-likeness (QED) is 0.774. The van der Waals surface area contributed by atoms with Gasteiger partial charge in [0.15, 0.2) is 0 Å². The molecule has 0 aliphatic rings. The molecule has 2 heterocycles. The van der Waals surface area contributed by atoms with Gasteiger partial charge >= 0.3 is 0 Å². The van der Waals surface area contributed by atoms with E-state index in [-0.39, 0.29) is 0 Å². The van der Waals surface area contributed by atoms with E-state index in [9.17, 15) is 0 Å². The number of anilines is 1. The SMILES string of the molecule is Cc1cc(Cl)ccc1-c1noc(N)c1-c1ccncc1. The average molecular weight is 286 g/mol. The van der Waals surface area contributed by atoms with Crippen LogP contribution in [0.1, 0.15) is 5.56 Å². The molecular weight excluding hydrogens is 274 g/mol. The number of hydrogen-bond donors (Lipinski definition) is 1. The smallest absolute Gasteiger partial charge is 0.230 e. The lowest BCUT2D eigenvalue weighted by molar-refractivity contribution is 0.439. The van der Waals surface area contributed by atoms with Gasteiger partial charge in [-0.3, -0.25) is 4.98 Å². The van der Waals surface area contributed by atoms with Crippen LogP contribution in [0.2, 0.25) is 5.02 Å². The normalized spacial score (nSPS) is 10.7. The number of pyridine rings is 1. The first-order valence-electron chi connectivity index (χ1n) is 6.09. The third-order valence-corrected chi connectivity index (χ3v) is 3.37. The van der Waals surface area contributed by atoms with Crippen molar-refractivity contribution in [3.05, 3.63) is 53.3 Å². The van der Waals surface area contributed by atoms with Gasteiger partial charge in [0.05, 0.1) is 5.56 Å². The Labute approximate surface area is 121 Å². The Hall–Kier alpha value is -2.33. The van der Waals surface area contributed by atoms with Crippen molar-refractivity contribution in [2.45, 2.75) is 6.92 Å². The van der Waals surface area contributed by atoms with E-state index < -0.39 is 0 Å². The monoisotopic (exact) mass is 285 g/mol. The summed E-state index contributed by atoms with van der Waals surface area (Å²) in [5.74, 6) is 0.292. The summed E-state index contributed by atoms with van der Waals surface area (Å²) >= 11 is 5.99. The van der Waals surface area contributed by atoms with Crippen LogP contribution in [-0.4, -0.2) is 10.1 Å². The van der Waals surface area contributed by atoms with Gasteiger partial charge in [0.2, 0.25) is 5.88 Å². The molecule has 0 bridgehead atoms. The Morgan fingerprint density at radius 3 is 2.60 bits per heavy atom. The molecule has 100 valence electrons. The minimum absolute atomic E-state index is 0.292. The van der Waals surface area contributed by atoms with Crippen molar-refractivity contribution in [1.82, 2.24) is 10.1 Å². The molecule has 0 amide bonds. The molecule has 0 spiro atoms. The molecule has 3 rings (SSSR count). The summed E-state index contributed by atoms with van der Waals surface area (Å²) < 4.78 is 5.16. The second-order valence-corrected chi connectivity index (χ2v) is 4.90. The summed E-state index contributed by atoms with van der Waals surface area (Å²) in [5.41, 5.74) is 10.3. The molecule has 0 fully saturated rings. The Morgan fingerprint density at radius 1 is 1.15 bits per heavy atom. The summed E-state index contributed by atoms with van der Waals surface area (Å²) in [6, 6.07) is 9.37. The molecule has 2 aromatic heterocycles. The van der Waals surface area contributed by atoms with E-state index >= 15 is 0 Å². The minimum Gasteiger partial charge on any atom is -0.367 e. The molecule has 0 radical (unpaired) electrons. The standard InChI is InChI=1S/C15H12ClN3O/c1-9-8-11(16)2-3-12(9)14-13(15(17)20-19-14)10-4-6-18-7-5-10/h2-8H,17H2,1H3. The van der Waals surface area contributed by atoms with Gasteiger partial charge in [-0.05, 0) is 42.3 Å². The number of benzene rings is 1. The number of hydrogen-bond acceptors (Lipinski definition) is 4. The predicted molar refractivity (Wildman–Crippen MR) is 79.3 cm³/mol. The third-order valence-electron chi connectivity index (χ3n) is 3.13. The van der Waals surface area contributed by atoms with Crippen molar-refractivity contribution in [3.63, 3.8) is 0 Å². The van der Waals surface area contributed by atoms with Gasteiger partial charge in [-0.15, -0.1) is 0 Å². The van der Waals surface area contributed by atoms with Crippen molar-refractivity contribution in [2.75, 3.05) is 5.73 Å². The largest absolute Gasteiger partial charge is 0.367 e. The second-order valence-electron chi connectivity index (χ2n) is 4.47. The van der Waals surface area contributed by atoms with Crippen LogP contribution < -0.4 is 5.73 Å². The molecule has 5 heteroatoms. The molecule has 4 nitrogen and oxygen atoms in total. The van der Waals surface area contributed by atoms with Gasteiger partial charge in [-0.2, -0.15) is 0 Å². The molecule has 0 saturated heterocycles. The molecular formula is C15H12ClN3O. The zero-order chi connectivity index (χ0) is 14.1. The van der Waals surface area contributed by atoms with E-state index in [0.717, 1.165) is 22.3 Å². The van der Waals surface area contributed by atoms with Crippen LogP contribution in [0.4, 0.5) is 5.88 Å². The Balaban J connectivity index is 2.21. The van der Waals surface area contributed by atoms with Crippen LogP contribution in [0.25, 0.3) is 22.4 Å². The number of aryl methyl sites for hydroxylation is 1. The number of nitrogens with two attached hydrogens (primary N) is 1. The van der Waals surface area contributed by atoms with Crippen LogP contribution in [0, 0.1) is 6.92 Å². The molecule has 20 heavy (non-hydrogen) atoms. The van der Waals surface area contributed by atoms with E-state index in [1.807, 2.05) is 37.3 Å². The molecule has 2 N–H and O–H groups in total. The first-order chi connectivity index (χ1) is 9.66. The summed E-state index contributed by atoms with van der Waals surface area (Å²) in [4.78, 5) is 4.01. The lowest BCUT2D eigenvalue weighted by atomic mass is 9.99. The minimum atomic E-state index is 0.292. The van der Waals surface area contributed by atoms with Crippen LogP contribution in [0.15, 0.2) is 47.2 Å². The fourth-order valence-corrected chi connectivity index (χ4v) is 2.40. The highest BCUT2D eigenvalue weighted by molar-refractivity contribution is 6.30. The van der Waals surface area contributed by atoms with E-state index in [1.165, 1.54) is 0 Å². The van der Waals surface area contributed by atoms with E-state index in [4.69, 9.17) is 21.9 Å². The van der Waals surface area contributed by atoms with Crippen LogP contribution in [-0.2, 0) is 0 Å². The lowest BCUT2D eigenvalue weighted by Crippen LogP contribution is -1.89. The zero-order valence-electron chi connectivity index (χ0n) is 10.8. The van der Waals surface area contributed by atoms with E-state index in [1.54, 1.807) is 12.4 Å². The fraction of sp³-hybridized carbons (Fsp3) is 0.0667. The van der Waals surface area contributed by atoms with Crippen molar-refractivity contribution in [1.29, 1.82) is 0 Å². The fourth-order valence-electron chi connectivity index (χ4n) is 2.18. The maximum atomic E-state index is 5.99. The maximum absolute atomic E-state index is 5.99. The van der Waals surface area contributed by atoms with Gasteiger partial charge in [-0.1, -0.05) is 22.8 Å². The summed E-state index contributed by atoms with van der Waals surface area (Å²) in [6.07, 6.45) is 3.42.